The molecule has 1 fully saturated rings. The fraction of sp³-hybridized carbons (Fsp3) is 0. The Balaban J connectivity index is 1.98. The highest BCUT2D eigenvalue weighted by Gasteiger charge is 2.33. The first-order valence-electron chi connectivity index (χ1n) is 6.45. The Kier molecular flexibility index (Phi) is 4.48. The van der Waals surface area contributed by atoms with E-state index in [1.807, 2.05) is 0 Å². The van der Waals surface area contributed by atoms with Crippen LogP contribution in [0.5, 0.6) is 0 Å². The van der Waals surface area contributed by atoms with Gasteiger partial charge >= 0.3 is 0 Å². The zero-order chi connectivity index (χ0) is 16.6. The first-order chi connectivity index (χ1) is 11.0. The Bertz CT molecular complexity index is 816. The zero-order valence-corrected chi connectivity index (χ0v) is 13.8. The minimum Gasteiger partial charge on any atom is -0.268 e. The van der Waals surface area contributed by atoms with Crippen LogP contribution in [0.4, 0.5) is 14.5 Å². The highest BCUT2D eigenvalue weighted by molar-refractivity contribution is 8.27. The maximum absolute atomic E-state index is 13.9. The molecule has 7 heteroatoms. The minimum absolute atomic E-state index is 0.133. The Morgan fingerprint density at radius 2 is 1.83 bits per heavy atom. The molecule has 23 heavy (non-hydrogen) atoms. The summed E-state index contributed by atoms with van der Waals surface area (Å²) in [5, 5.41) is 0.206. The molecule has 1 saturated heterocycles. The molecule has 0 aromatic heterocycles. The molecule has 2 aromatic carbocycles. The second-order valence-electron chi connectivity index (χ2n) is 4.63. The van der Waals surface area contributed by atoms with Gasteiger partial charge in [-0.1, -0.05) is 41.6 Å². The van der Waals surface area contributed by atoms with Gasteiger partial charge in [0, 0.05) is 5.56 Å². The molecule has 0 aliphatic carbocycles. The van der Waals surface area contributed by atoms with Gasteiger partial charge in [0.2, 0.25) is 0 Å². The van der Waals surface area contributed by atoms with E-state index in [9.17, 15) is 13.6 Å². The number of amides is 1. The van der Waals surface area contributed by atoms with Crippen molar-refractivity contribution in [2.75, 3.05) is 4.90 Å². The molecule has 3 rings (SSSR count). The lowest BCUT2D eigenvalue weighted by molar-refractivity contribution is -0.113. The number of thioether (sulfide) groups is 1. The van der Waals surface area contributed by atoms with Crippen LogP contribution in [0.1, 0.15) is 5.56 Å². The maximum Gasteiger partial charge on any atom is 0.270 e. The van der Waals surface area contributed by atoms with E-state index in [2.05, 4.69) is 0 Å². The molecule has 2 aromatic rings. The molecular formula is C16H8ClF2NOS2. The quantitative estimate of drug-likeness (QED) is 0.549. The fourth-order valence-electron chi connectivity index (χ4n) is 2.06. The van der Waals surface area contributed by atoms with Gasteiger partial charge in [0.1, 0.15) is 11.6 Å². The van der Waals surface area contributed by atoms with Gasteiger partial charge in [-0.15, -0.1) is 0 Å². The number of hydrogen-bond acceptors (Lipinski definition) is 3. The molecule has 1 heterocycles. The van der Waals surface area contributed by atoms with Crippen LogP contribution >= 0.6 is 35.6 Å². The van der Waals surface area contributed by atoms with E-state index in [0.717, 1.165) is 11.8 Å². The van der Waals surface area contributed by atoms with E-state index in [4.69, 9.17) is 23.8 Å². The van der Waals surface area contributed by atoms with Crippen LogP contribution < -0.4 is 4.90 Å². The number of halogens is 3. The van der Waals surface area contributed by atoms with Crippen molar-refractivity contribution in [3.63, 3.8) is 0 Å². The molecule has 0 unspecified atom stereocenters. The van der Waals surface area contributed by atoms with Gasteiger partial charge in [-0.05, 0) is 42.5 Å². The molecular weight excluding hydrogens is 360 g/mol. The molecule has 1 amide bonds. The first kappa shape index (κ1) is 16.1. The topological polar surface area (TPSA) is 20.3 Å². The SMILES string of the molecule is O=C1/C(=C/c2c(F)cccc2Cl)SC(=S)N1c1ccc(F)cc1. The highest BCUT2D eigenvalue weighted by Crippen LogP contribution is 2.37. The molecule has 2 nitrogen and oxygen atoms in total. The average molecular weight is 368 g/mol. The standard InChI is InChI=1S/C16H8ClF2NOS2/c17-12-2-1-3-13(19)11(12)8-14-15(21)20(16(22)23-14)10-6-4-9(18)5-7-10/h1-8H/b14-8-. The van der Waals surface area contributed by atoms with Crippen LogP contribution in [0.25, 0.3) is 6.08 Å². The van der Waals surface area contributed by atoms with Gasteiger partial charge in [0.25, 0.3) is 5.91 Å². The summed E-state index contributed by atoms with van der Waals surface area (Å²) in [7, 11) is 0. The molecule has 0 bridgehead atoms. The summed E-state index contributed by atoms with van der Waals surface area (Å²) in [6.07, 6.45) is 1.38. The number of rotatable bonds is 2. The normalized spacial score (nSPS) is 16.5. The highest BCUT2D eigenvalue weighted by atomic mass is 35.5. The van der Waals surface area contributed by atoms with Gasteiger partial charge in [-0.25, -0.2) is 8.78 Å². The second-order valence-corrected chi connectivity index (χ2v) is 6.71. The summed E-state index contributed by atoms with van der Waals surface area (Å²) in [5.41, 5.74) is 0.589. The van der Waals surface area contributed by atoms with Crippen molar-refractivity contribution >= 4 is 57.6 Å². The Morgan fingerprint density at radius 1 is 1.13 bits per heavy atom. The Morgan fingerprint density at radius 3 is 2.48 bits per heavy atom. The summed E-state index contributed by atoms with van der Waals surface area (Å²) in [6.45, 7) is 0. The third kappa shape index (κ3) is 3.15. The molecule has 0 saturated carbocycles. The molecule has 0 spiro atoms. The zero-order valence-electron chi connectivity index (χ0n) is 11.4. The summed E-state index contributed by atoms with van der Waals surface area (Å²) in [6, 6.07) is 9.68. The van der Waals surface area contributed by atoms with Crippen LogP contribution in [0, 0.1) is 11.6 Å². The average Bonchev–Trinajstić information content (AvgIpc) is 2.79. The molecule has 0 atom stereocenters. The third-order valence-corrected chi connectivity index (χ3v) is 4.79. The summed E-state index contributed by atoms with van der Waals surface area (Å²) < 4.78 is 27.2. The van der Waals surface area contributed by atoms with E-state index in [1.165, 1.54) is 53.4 Å². The molecule has 1 aliphatic heterocycles. The molecule has 0 N–H and O–H groups in total. The minimum atomic E-state index is -0.524. The Hall–Kier alpha value is -1.76. The van der Waals surface area contributed by atoms with Crippen molar-refractivity contribution < 1.29 is 13.6 Å². The van der Waals surface area contributed by atoms with Gasteiger partial charge < -0.3 is 0 Å². The number of hydrogen-bond donors (Lipinski definition) is 0. The fourth-order valence-corrected chi connectivity index (χ4v) is 3.56. The molecule has 116 valence electrons. The third-order valence-electron chi connectivity index (χ3n) is 3.15. The van der Waals surface area contributed by atoms with E-state index in [-0.39, 0.29) is 15.5 Å². The van der Waals surface area contributed by atoms with Crippen LogP contribution in [-0.4, -0.2) is 10.2 Å². The van der Waals surface area contributed by atoms with Crippen LogP contribution in [-0.2, 0) is 4.79 Å². The number of thiocarbonyl (C=S) groups is 1. The number of carbonyl (C=O) groups excluding carboxylic acids is 1. The van der Waals surface area contributed by atoms with E-state index >= 15 is 0 Å². The van der Waals surface area contributed by atoms with Crippen molar-refractivity contribution in [2.24, 2.45) is 0 Å². The maximum atomic E-state index is 13.9. The van der Waals surface area contributed by atoms with Crippen LogP contribution in [0.2, 0.25) is 5.02 Å². The lowest BCUT2D eigenvalue weighted by Crippen LogP contribution is -2.27. The smallest absolute Gasteiger partial charge is 0.268 e. The lowest BCUT2D eigenvalue weighted by atomic mass is 10.2. The van der Waals surface area contributed by atoms with Crippen molar-refractivity contribution in [3.8, 4) is 0 Å². The molecule has 0 radical (unpaired) electrons. The predicted molar refractivity (Wildman–Crippen MR) is 93.5 cm³/mol. The number of carbonyl (C=O) groups is 1. The largest absolute Gasteiger partial charge is 0.270 e. The molecule has 1 aliphatic rings. The van der Waals surface area contributed by atoms with Crippen molar-refractivity contribution in [2.45, 2.75) is 0 Å². The van der Waals surface area contributed by atoms with Gasteiger partial charge in [-0.3, -0.25) is 9.69 Å². The number of benzene rings is 2. The summed E-state index contributed by atoms with van der Waals surface area (Å²) >= 11 is 12.2. The van der Waals surface area contributed by atoms with E-state index < -0.39 is 17.5 Å². The van der Waals surface area contributed by atoms with Crippen LogP contribution in [0.3, 0.4) is 0 Å². The van der Waals surface area contributed by atoms with Gasteiger partial charge in [-0.2, -0.15) is 0 Å². The van der Waals surface area contributed by atoms with Gasteiger partial charge in [0.05, 0.1) is 15.6 Å². The Labute approximate surface area is 145 Å². The van der Waals surface area contributed by atoms with Crippen molar-refractivity contribution in [1.29, 1.82) is 0 Å². The van der Waals surface area contributed by atoms with Crippen molar-refractivity contribution in [3.05, 3.63) is 69.6 Å². The predicted octanol–water partition coefficient (Wildman–Crippen LogP) is 5.02. The first-order valence-corrected chi connectivity index (χ1v) is 8.05. The van der Waals surface area contributed by atoms with E-state index in [0.29, 0.717) is 10.0 Å². The summed E-state index contributed by atoms with van der Waals surface area (Å²) in [5.74, 6) is -1.33. The van der Waals surface area contributed by atoms with Crippen LogP contribution in [0.15, 0.2) is 47.4 Å². The number of nitrogens with zero attached hydrogens (tertiary/aromatic N) is 1. The van der Waals surface area contributed by atoms with E-state index in [1.54, 1.807) is 0 Å². The lowest BCUT2D eigenvalue weighted by Gasteiger charge is -2.14. The monoisotopic (exact) mass is 367 g/mol. The number of anilines is 1. The van der Waals surface area contributed by atoms with Gasteiger partial charge in [0.15, 0.2) is 4.32 Å². The second kappa shape index (κ2) is 6.39. The summed E-state index contributed by atoms with van der Waals surface area (Å²) in [4.78, 5) is 14.1. The van der Waals surface area contributed by atoms with Crippen molar-refractivity contribution in [1.82, 2.24) is 0 Å².